The Balaban J connectivity index is 2.18. The summed E-state index contributed by atoms with van der Waals surface area (Å²) in [5.41, 5.74) is 6.03. The standard InChI is InChI=1S/C16H11ClFN5OS/c1-8(15(24)22-13-3-2-11(17)5-12(13)18)25-16-10(7-20)4-9(6-19)14(21)23-16/h2-5,8H,1H3,(H2,21,23)(H,22,24)/p+1/t8-/m0/s1. The van der Waals surface area contributed by atoms with Gasteiger partial charge in [0.15, 0.2) is 5.03 Å². The summed E-state index contributed by atoms with van der Waals surface area (Å²) in [6.45, 7) is 1.59. The molecule has 0 bridgehead atoms. The molecule has 0 radical (unpaired) electrons. The van der Waals surface area contributed by atoms with Gasteiger partial charge in [0.1, 0.15) is 29.1 Å². The number of nitrogens with two attached hydrogens (primary N) is 1. The van der Waals surface area contributed by atoms with E-state index in [2.05, 4.69) is 10.3 Å². The second-order valence-corrected chi connectivity index (χ2v) is 6.72. The Kier molecular flexibility index (Phi) is 5.81. The second kappa shape index (κ2) is 7.84. The van der Waals surface area contributed by atoms with Crippen LogP contribution >= 0.6 is 23.4 Å². The second-order valence-electron chi connectivity index (χ2n) is 4.94. The van der Waals surface area contributed by atoms with Crippen LogP contribution in [0, 0.1) is 28.5 Å². The number of nitrogens with one attached hydrogen (secondary N) is 2. The maximum absolute atomic E-state index is 13.8. The SMILES string of the molecule is C[C@H](Sc1[nH+]c(N)c(C#N)cc1C#N)C(=O)Nc1ccc(Cl)cc1F. The molecule has 126 valence electrons. The number of nitrogens with zero attached hydrogens (tertiary/aromatic N) is 2. The summed E-state index contributed by atoms with van der Waals surface area (Å²) in [5.74, 6) is -1.02. The monoisotopic (exact) mass is 376 g/mol. The molecule has 4 N–H and O–H groups in total. The highest BCUT2D eigenvalue weighted by atomic mass is 35.5. The number of pyridine rings is 1. The molecule has 2 rings (SSSR count). The van der Waals surface area contributed by atoms with Crippen LogP contribution in [0.4, 0.5) is 15.9 Å². The van der Waals surface area contributed by atoms with Crippen molar-refractivity contribution in [3.05, 3.63) is 46.2 Å². The lowest BCUT2D eigenvalue weighted by atomic mass is 10.2. The van der Waals surface area contributed by atoms with Crippen molar-refractivity contribution in [3.8, 4) is 12.1 Å². The summed E-state index contributed by atoms with van der Waals surface area (Å²) in [6.07, 6.45) is 0. The first-order valence-electron chi connectivity index (χ1n) is 6.94. The van der Waals surface area contributed by atoms with Crippen molar-refractivity contribution in [2.24, 2.45) is 0 Å². The highest BCUT2D eigenvalue weighted by molar-refractivity contribution is 8.00. The lowest BCUT2D eigenvalue weighted by molar-refractivity contribution is -0.410. The zero-order valence-corrected chi connectivity index (χ0v) is 14.5. The van der Waals surface area contributed by atoms with Crippen LogP contribution in [0.25, 0.3) is 0 Å². The number of nitrogen functional groups attached to an aromatic ring is 1. The predicted octanol–water partition coefficient (Wildman–Crippen LogP) is 2.74. The van der Waals surface area contributed by atoms with E-state index in [9.17, 15) is 14.4 Å². The number of hydrogen-bond donors (Lipinski definition) is 2. The molecular formula is C16H12ClFN5OS+. The Morgan fingerprint density at radius 1 is 1.36 bits per heavy atom. The number of aromatic nitrogens is 1. The van der Waals surface area contributed by atoms with Gasteiger partial charge in [-0.25, -0.2) is 9.37 Å². The number of carbonyl (C=O) groups is 1. The minimum Gasteiger partial charge on any atom is -0.323 e. The van der Waals surface area contributed by atoms with Crippen molar-refractivity contribution in [2.75, 3.05) is 11.1 Å². The normalized spacial score (nSPS) is 11.2. The molecular weight excluding hydrogens is 365 g/mol. The third-order valence-electron chi connectivity index (χ3n) is 3.17. The molecule has 1 amide bonds. The Morgan fingerprint density at radius 3 is 2.64 bits per heavy atom. The first-order valence-corrected chi connectivity index (χ1v) is 8.20. The first kappa shape index (κ1) is 18.5. The van der Waals surface area contributed by atoms with Crippen molar-refractivity contribution < 1.29 is 14.2 Å². The molecule has 1 heterocycles. The lowest BCUT2D eigenvalue weighted by Gasteiger charge is -2.12. The van der Waals surface area contributed by atoms with Gasteiger partial charge in [0.2, 0.25) is 5.91 Å². The molecule has 0 unspecified atom stereocenters. The van der Waals surface area contributed by atoms with E-state index in [1.54, 1.807) is 6.92 Å². The fraction of sp³-hybridized carbons (Fsp3) is 0.125. The maximum atomic E-state index is 13.8. The summed E-state index contributed by atoms with van der Waals surface area (Å²) in [5, 5.41) is 20.5. The van der Waals surface area contributed by atoms with Crippen LogP contribution < -0.4 is 16.0 Å². The summed E-state index contributed by atoms with van der Waals surface area (Å²) in [6, 6.07) is 9.07. The molecule has 6 nitrogen and oxygen atoms in total. The van der Waals surface area contributed by atoms with Gasteiger partial charge >= 0.3 is 0 Å². The van der Waals surface area contributed by atoms with Gasteiger partial charge in [0, 0.05) is 5.02 Å². The number of nitriles is 2. The minimum atomic E-state index is -0.661. The van der Waals surface area contributed by atoms with Crippen LogP contribution in [0.3, 0.4) is 0 Å². The first-order chi connectivity index (χ1) is 11.8. The van der Waals surface area contributed by atoms with E-state index in [1.807, 2.05) is 12.1 Å². The topological polar surface area (TPSA) is 117 Å². The highest BCUT2D eigenvalue weighted by Crippen LogP contribution is 2.26. The summed E-state index contributed by atoms with van der Waals surface area (Å²) in [7, 11) is 0. The Labute approximate surface area is 152 Å². The van der Waals surface area contributed by atoms with E-state index in [-0.39, 0.29) is 27.7 Å². The van der Waals surface area contributed by atoms with E-state index in [0.717, 1.165) is 17.8 Å². The van der Waals surface area contributed by atoms with Gasteiger partial charge in [-0.3, -0.25) is 10.5 Å². The quantitative estimate of drug-likeness (QED) is 0.795. The van der Waals surface area contributed by atoms with Gasteiger partial charge in [-0.2, -0.15) is 10.5 Å². The molecule has 0 spiro atoms. The van der Waals surface area contributed by atoms with E-state index in [4.69, 9.17) is 22.6 Å². The minimum absolute atomic E-state index is 0.00526. The molecule has 9 heteroatoms. The van der Waals surface area contributed by atoms with E-state index < -0.39 is 17.0 Å². The van der Waals surface area contributed by atoms with E-state index in [0.29, 0.717) is 5.03 Å². The molecule has 1 atom stereocenters. The number of aromatic amines is 1. The molecule has 0 saturated carbocycles. The smallest absolute Gasteiger partial charge is 0.289 e. The Bertz CT molecular complexity index is 922. The van der Waals surface area contributed by atoms with Crippen LogP contribution in [0.2, 0.25) is 5.02 Å². The van der Waals surface area contributed by atoms with Crippen LogP contribution in [0.5, 0.6) is 0 Å². The average Bonchev–Trinajstić information content (AvgIpc) is 2.57. The fourth-order valence-electron chi connectivity index (χ4n) is 1.87. The van der Waals surface area contributed by atoms with E-state index in [1.165, 1.54) is 18.2 Å². The molecule has 2 aromatic rings. The number of amides is 1. The summed E-state index contributed by atoms with van der Waals surface area (Å²) < 4.78 is 13.8. The molecule has 0 aliphatic carbocycles. The number of hydrogen-bond acceptors (Lipinski definition) is 5. The van der Waals surface area contributed by atoms with Crippen LogP contribution in [0.1, 0.15) is 18.1 Å². The van der Waals surface area contributed by atoms with Crippen LogP contribution in [-0.2, 0) is 4.79 Å². The third kappa shape index (κ3) is 4.38. The molecule has 1 aromatic heterocycles. The Morgan fingerprint density at radius 2 is 2.04 bits per heavy atom. The molecule has 0 aliphatic rings. The van der Waals surface area contributed by atoms with Gasteiger partial charge in [-0.1, -0.05) is 23.4 Å². The van der Waals surface area contributed by atoms with Gasteiger partial charge in [-0.05, 0) is 31.2 Å². The van der Waals surface area contributed by atoms with Crippen molar-refractivity contribution >= 4 is 40.8 Å². The highest BCUT2D eigenvalue weighted by Gasteiger charge is 2.22. The number of anilines is 2. The van der Waals surface area contributed by atoms with Crippen LogP contribution in [0.15, 0.2) is 29.3 Å². The number of benzene rings is 1. The number of halogens is 2. The number of carbonyl (C=O) groups excluding carboxylic acids is 1. The molecule has 0 saturated heterocycles. The molecule has 25 heavy (non-hydrogen) atoms. The largest absolute Gasteiger partial charge is 0.323 e. The van der Waals surface area contributed by atoms with Crippen molar-refractivity contribution in [1.29, 1.82) is 10.5 Å². The molecule has 0 aliphatic heterocycles. The van der Waals surface area contributed by atoms with Crippen molar-refractivity contribution in [1.82, 2.24) is 0 Å². The van der Waals surface area contributed by atoms with Gasteiger partial charge in [-0.15, -0.1) is 0 Å². The van der Waals surface area contributed by atoms with Crippen molar-refractivity contribution in [2.45, 2.75) is 17.2 Å². The van der Waals surface area contributed by atoms with Gasteiger partial charge < -0.3 is 5.32 Å². The van der Waals surface area contributed by atoms with E-state index >= 15 is 0 Å². The Hall–Kier alpha value is -2.81. The fourth-order valence-corrected chi connectivity index (χ4v) is 2.95. The number of thioether (sulfide) groups is 1. The zero-order valence-electron chi connectivity index (χ0n) is 12.9. The molecule has 0 fully saturated rings. The summed E-state index contributed by atoms with van der Waals surface area (Å²) in [4.78, 5) is 15.0. The maximum Gasteiger partial charge on any atom is 0.289 e. The summed E-state index contributed by atoms with van der Waals surface area (Å²) >= 11 is 6.71. The zero-order chi connectivity index (χ0) is 18.6. The molecule has 1 aromatic carbocycles. The predicted molar refractivity (Wildman–Crippen MR) is 92.2 cm³/mol. The van der Waals surface area contributed by atoms with Gasteiger partial charge in [0.05, 0.1) is 10.9 Å². The lowest BCUT2D eigenvalue weighted by Crippen LogP contribution is -2.25. The average molecular weight is 377 g/mol. The van der Waals surface area contributed by atoms with Gasteiger partial charge in [0.25, 0.3) is 5.82 Å². The van der Waals surface area contributed by atoms with Crippen LogP contribution in [-0.4, -0.2) is 11.2 Å². The number of H-pyrrole nitrogens is 1. The third-order valence-corrected chi connectivity index (χ3v) is 4.53. The van der Waals surface area contributed by atoms with Crippen molar-refractivity contribution in [3.63, 3.8) is 0 Å². The number of rotatable bonds is 4.